The molecule has 5 nitrogen and oxygen atoms in total. The molecule has 0 saturated carbocycles. The van der Waals surface area contributed by atoms with Gasteiger partial charge in [-0.05, 0) is 31.4 Å². The molecule has 2 unspecified atom stereocenters. The molecule has 0 amide bonds. The molecule has 3 N–H and O–H groups in total. The molecule has 1 aromatic rings. The number of hydrogen-bond acceptors (Lipinski definition) is 4. The number of nitrogens with one attached hydrogen (secondary N) is 1. The number of rotatable bonds is 3. The predicted molar refractivity (Wildman–Crippen MR) is 64.3 cm³/mol. The van der Waals surface area contributed by atoms with Crippen LogP contribution in [0.15, 0.2) is 24.3 Å². The van der Waals surface area contributed by atoms with E-state index in [1.807, 2.05) is 12.1 Å². The van der Waals surface area contributed by atoms with Crippen molar-refractivity contribution >= 4 is 11.4 Å². The maximum Gasteiger partial charge on any atom is 0.163 e. The van der Waals surface area contributed by atoms with Crippen molar-refractivity contribution in [1.82, 2.24) is 0 Å². The molecule has 1 aliphatic heterocycles. The summed E-state index contributed by atoms with van der Waals surface area (Å²) >= 11 is 0. The predicted octanol–water partition coefficient (Wildman–Crippen LogP) is 0.441. The second kappa shape index (κ2) is 5.46. The number of benzene rings is 1. The van der Waals surface area contributed by atoms with Crippen LogP contribution in [0.25, 0.3) is 0 Å². The van der Waals surface area contributed by atoms with Crippen LogP contribution < -0.4 is 10.1 Å². The number of aliphatic hydroxyl groups excluding tert-OH is 1. The fourth-order valence-electron chi connectivity index (χ4n) is 2.33. The van der Waals surface area contributed by atoms with Gasteiger partial charge in [-0.1, -0.05) is 0 Å². The summed E-state index contributed by atoms with van der Waals surface area (Å²) < 4.78 is 0. The van der Waals surface area contributed by atoms with Crippen molar-refractivity contribution in [2.75, 3.05) is 18.1 Å². The maximum absolute atomic E-state index is 10.8. The summed E-state index contributed by atoms with van der Waals surface area (Å²) in [7, 11) is 0. The van der Waals surface area contributed by atoms with Crippen molar-refractivity contribution in [2.24, 2.45) is 0 Å². The van der Waals surface area contributed by atoms with Gasteiger partial charge in [-0.3, -0.25) is 0 Å². The SMILES string of the molecule is [O-][NH+](O)c1ccc(N2CCCCC2CO)cc1. The average Bonchev–Trinajstić information content (AvgIpc) is 2.39. The summed E-state index contributed by atoms with van der Waals surface area (Å²) in [6.07, 6.45) is 3.27. The second-order valence-corrected chi connectivity index (χ2v) is 4.38. The van der Waals surface area contributed by atoms with E-state index in [9.17, 15) is 10.3 Å². The van der Waals surface area contributed by atoms with Crippen molar-refractivity contribution in [3.63, 3.8) is 0 Å². The molecule has 1 saturated heterocycles. The highest BCUT2D eigenvalue weighted by Gasteiger charge is 2.21. The number of aliphatic hydroxyl groups is 1. The summed E-state index contributed by atoms with van der Waals surface area (Å²) in [6, 6.07) is 7.02. The third kappa shape index (κ3) is 2.76. The second-order valence-electron chi connectivity index (χ2n) is 4.38. The van der Waals surface area contributed by atoms with E-state index in [2.05, 4.69) is 4.90 Å². The normalized spacial score (nSPS) is 22.5. The van der Waals surface area contributed by atoms with E-state index in [0.29, 0.717) is 5.69 Å². The van der Waals surface area contributed by atoms with E-state index in [-0.39, 0.29) is 12.6 Å². The lowest BCUT2D eigenvalue weighted by molar-refractivity contribution is -0.991. The van der Waals surface area contributed by atoms with Gasteiger partial charge in [-0.25, -0.2) is 5.21 Å². The van der Waals surface area contributed by atoms with Crippen LogP contribution >= 0.6 is 0 Å². The molecule has 17 heavy (non-hydrogen) atoms. The summed E-state index contributed by atoms with van der Waals surface area (Å²) in [5.41, 5.74) is 1.29. The molecule has 5 heteroatoms. The highest BCUT2D eigenvalue weighted by atomic mass is 16.8. The Morgan fingerprint density at radius 2 is 2.00 bits per heavy atom. The van der Waals surface area contributed by atoms with Gasteiger partial charge in [0.25, 0.3) is 0 Å². The number of nitrogens with zero attached hydrogens (tertiary/aromatic N) is 1. The Morgan fingerprint density at radius 3 is 2.59 bits per heavy atom. The van der Waals surface area contributed by atoms with E-state index in [1.165, 1.54) is 0 Å². The van der Waals surface area contributed by atoms with Gasteiger partial charge in [-0.15, -0.1) is 0 Å². The topological polar surface area (TPSA) is 71.2 Å². The Balaban J connectivity index is 2.15. The summed E-state index contributed by atoms with van der Waals surface area (Å²) in [4.78, 5) is 2.16. The molecular weight excluding hydrogens is 220 g/mol. The molecular formula is C12H18N2O3. The summed E-state index contributed by atoms with van der Waals surface area (Å²) in [5, 5.41) is 28.0. The monoisotopic (exact) mass is 238 g/mol. The molecule has 1 aromatic carbocycles. The molecule has 1 heterocycles. The lowest BCUT2D eigenvalue weighted by Gasteiger charge is -2.36. The van der Waals surface area contributed by atoms with Crippen molar-refractivity contribution in [3.8, 4) is 0 Å². The lowest BCUT2D eigenvalue weighted by atomic mass is 10.0. The van der Waals surface area contributed by atoms with E-state index >= 15 is 0 Å². The van der Waals surface area contributed by atoms with Gasteiger partial charge in [0.2, 0.25) is 0 Å². The van der Waals surface area contributed by atoms with Gasteiger partial charge in [-0.2, -0.15) is 5.23 Å². The zero-order valence-corrected chi connectivity index (χ0v) is 9.67. The van der Waals surface area contributed by atoms with Crippen molar-refractivity contribution in [1.29, 1.82) is 0 Å². The molecule has 0 aliphatic carbocycles. The van der Waals surface area contributed by atoms with Crippen molar-refractivity contribution in [3.05, 3.63) is 29.5 Å². The summed E-state index contributed by atoms with van der Waals surface area (Å²) in [6.45, 7) is 1.08. The molecule has 94 valence electrons. The first-order chi connectivity index (χ1) is 8.22. The minimum atomic E-state index is -0.908. The minimum Gasteiger partial charge on any atom is -0.595 e. The molecule has 1 fully saturated rings. The molecule has 2 rings (SSSR count). The number of quaternary nitrogens is 1. The molecule has 0 radical (unpaired) electrons. The van der Waals surface area contributed by atoms with Crippen molar-refractivity contribution in [2.45, 2.75) is 25.3 Å². The highest BCUT2D eigenvalue weighted by molar-refractivity contribution is 5.51. The van der Waals surface area contributed by atoms with E-state index in [1.54, 1.807) is 12.1 Å². The Morgan fingerprint density at radius 1 is 1.29 bits per heavy atom. The zero-order chi connectivity index (χ0) is 12.3. The Kier molecular flexibility index (Phi) is 3.96. The van der Waals surface area contributed by atoms with Gasteiger partial charge in [0.15, 0.2) is 5.69 Å². The Bertz CT molecular complexity index is 353. The first-order valence-electron chi connectivity index (χ1n) is 5.93. The average molecular weight is 238 g/mol. The van der Waals surface area contributed by atoms with Gasteiger partial charge in [0, 0.05) is 24.4 Å². The molecule has 1 aliphatic rings. The maximum atomic E-state index is 10.8. The van der Waals surface area contributed by atoms with E-state index < -0.39 is 5.23 Å². The van der Waals surface area contributed by atoms with Crippen LogP contribution in [0.4, 0.5) is 11.4 Å². The fraction of sp³-hybridized carbons (Fsp3) is 0.500. The third-order valence-electron chi connectivity index (χ3n) is 3.28. The highest BCUT2D eigenvalue weighted by Crippen LogP contribution is 2.25. The standard InChI is InChI=1S/C12H18N2O3/c15-9-12-3-1-2-8-13(12)10-4-6-11(7-5-10)14(16)17/h4-7,12,14-16H,1-3,8-9H2. The number of anilines is 1. The molecule has 2 atom stereocenters. The van der Waals surface area contributed by atoms with Crippen LogP contribution in [-0.4, -0.2) is 29.5 Å². The quantitative estimate of drug-likeness (QED) is 0.668. The Labute approximate surface area is 100 Å². The largest absolute Gasteiger partial charge is 0.595 e. The first-order valence-corrected chi connectivity index (χ1v) is 5.93. The third-order valence-corrected chi connectivity index (χ3v) is 3.28. The van der Waals surface area contributed by atoms with Crippen molar-refractivity contribution < 1.29 is 15.5 Å². The van der Waals surface area contributed by atoms with Crippen LogP contribution in [-0.2, 0) is 0 Å². The molecule has 0 spiro atoms. The summed E-state index contributed by atoms with van der Waals surface area (Å²) in [5.74, 6) is 0. The number of piperidine rings is 1. The lowest BCUT2D eigenvalue weighted by Crippen LogP contribution is -2.99. The van der Waals surface area contributed by atoms with Crippen LogP contribution in [0.3, 0.4) is 0 Å². The van der Waals surface area contributed by atoms with E-state index in [4.69, 9.17) is 5.21 Å². The van der Waals surface area contributed by atoms with E-state index in [0.717, 1.165) is 31.5 Å². The van der Waals surface area contributed by atoms with Crippen LogP contribution in [0, 0.1) is 5.21 Å². The van der Waals surface area contributed by atoms with Crippen LogP contribution in [0.2, 0.25) is 0 Å². The van der Waals surface area contributed by atoms with Crippen LogP contribution in [0.1, 0.15) is 19.3 Å². The zero-order valence-electron chi connectivity index (χ0n) is 9.67. The molecule has 0 aromatic heterocycles. The Hall–Kier alpha value is -1.14. The fourth-order valence-corrected chi connectivity index (χ4v) is 2.33. The smallest absolute Gasteiger partial charge is 0.163 e. The van der Waals surface area contributed by atoms with Gasteiger partial charge >= 0.3 is 0 Å². The first kappa shape index (κ1) is 12.3. The van der Waals surface area contributed by atoms with Crippen LogP contribution in [0.5, 0.6) is 0 Å². The van der Waals surface area contributed by atoms with Gasteiger partial charge < -0.3 is 15.2 Å². The molecule has 0 bridgehead atoms. The minimum absolute atomic E-state index is 0.153. The van der Waals surface area contributed by atoms with Gasteiger partial charge in [0.05, 0.1) is 12.6 Å². The number of hydrogen-bond donors (Lipinski definition) is 3. The van der Waals surface area contributed by atoms with Gasteiger partial charge in [0.1, 0.15) is 0 Å².